The lowest BCUT2D eigenvalue weighted by Gasteiger charge is -2.24. The van der Waals surface area contributed by atoms with Crippen molar-refractivity contribution in [3.8, 4) is 16.3 Å². The van der Waals surface area contributed by atoms with Gasteiger partial charge < -0.3 is 14.8 Å². The van der Waals surface area contributed by atoms with Crippen molar-refractivity contribution in [2.75, 3.05) is 13.2 Å². The fraction of sp³-hybridized carbons (Fsp3) is 0.417. The number of rotatable bonds is 7. The number of hydrogen-bond acceptors (Lipinski definition) is 7. The lowest BCUT2D eigenvalue weighted by molar-refractivity contribution is 0.0255. The molecule has 8 heteroatoms. The normalized spacial score (nSPS) is 15.3. The lowest BCUT2D eigenvalue weighted by Crippen LogP contribution is -2.28. The lowest BCUT2D eigenvalue weighted by atomic mass is 10.1. The van der Waals surface area contributed by atoms with E-state index >= 15 is 0 Å². The van der Waals surface area contributed by atoms with E-state index in [0.717, 1.165) is 35.5 Å². The van der Waals surface area contributed by atoms with Gasteiger partial charge in [-0.1, -0.05) is 6.92 Å². The van der Waals surface area contributed by atoms with E-state index in [0.29, 0.717) is 30.2 Å². The molecule has 3 heterocycles. The molecular weight excluding hydrogens is 424 g/mol. The summed E-state index contributed by atoms with van der Waals surface area (Å²) in [5.41, 5.74) is 2.97. The molecule has 1 N–H and O–H groups in total. The van der Waals surface area contributed by atoms with Crippen LogP contribution in [-0.4, -0.2) is 40.2 Å². The molecular formula is C24H28N4O3S. The second-order valence-corrected chi connectivity index (χ2v) is 9.05. The summed E-state index contributed by atoms with van der Waals surface area (Å²) in [6.07, 6.45) is 7.98. The number of carbonyl (C=O) groups excluding carboxylic acids is 1. The molecule has 1 fully saturated rings. The van der Waals surface area contributed by atoms with Crippen molar-refractivity contribution in [2.45, 2.75) is 52.2 Å². The minimum absolute atomic E-state index is 0.0826. The van der Waals surface area contributed by atoms with Gasteiger partial charge in [0, 0.05) is 41.2 Å². The monoisotopic (exact) mass is 452 g/mol. The first kappa shape index (κ1) is 22.4. The Labute approximate surface area is 192 Å². The van der Waals surface area contributed by atoms with Crippen molar-refractivity contribution in [3.63, 3.8) is 0 Å². The quantitative estimate of drug-likeness (QED) is 0.567. The average molecular weight is 453 g/mol. The summed E-state index contributed by atoms with van der Waals surface area (Å²) in [6.45, 7) is 7.28. The van der Waals surface area contributed by atoms with Crippen LogP contribution in [0.1, 0.15) is 59.4 Å². The van der Waals surface area contributed by atoms with E-state index in [1.165, 1.54) is 4.88 Å². The maximum Gasteiger partial charge on any atom is 0.251 e. The van der Waals surface area contributed by atoms with E-state index in [-0.39, 0.29) is 18.1 Å². The number of aryl methyl sites for hydroxylation is 2. The first-order chi connectivity index (χ1) is 15.5. The first-order valence-corrected chi connectivity index (χ1v) is 11.8. The van der Waals surface area contributed by atoms with E-state index < -0.39 is 0 Å². The fourth-order valence-corrected chi connectivity index (χ4v) is 4.33. The van der Waals surface area contributed by atoms with Crippen LogP contribution in [0.2, 0.25) is 0 Å². The molecule has 0 saturated carbocycles. The van der Waals surface area contributed by atoms with Crippen LogP contribution >= 0.6 is 11.3 Å². The Morgan fingerprint density at radius 3 is 2.69 bits per heavy atom. The molecule has 1 atom stereocenters. The van der Waals surface area contributed by atoms with Crippen LogP contribution in [0.25, 0.3) is 10.6 Å². The third kappa shape index (κ3) is 5.49. The summed E-state index contributed by atoms with van der Waals surface area (Å²) in [4.78, 5) is 27.5. The van der Waals surface area contributed by atoms with Crippen molar-refractivity contribution in [1.82, 2.24) is 20.3 Å². The highest BCUT2D eigenvalue weighted by atomic mass is 32.1. The van der Waals surface area contributed by atoms with Crippen LogP contribution < -0.4 is 10.1 Å². The smallest absolute Gasteiger partial charge is 0.251 e. The Balaban J connectivity index is 1.59. The summed E-state index contributed by atoms with van der Waals surface area (Å²) in [6, 6.07) is 5.37. The molecule has 0 radical (unpaired) electrons. The second kappa shape index (κ2) is 10.2. The van der Waals surface area contributed by atoms with Gasteiger partial charge in [0.1, 0.15) is 16.9 Å². The molecule has 2 aromatic heterocycles. The zero-order valence-corrected chi connectivity index (χ0v) is 19.4. The van der Waals surface area contributed by atoms with Gasteiger partial charge in [-0.15, -0.1) is 11.3 Å². The number of aromatic nitrogens is 3. The third-order valence-electron chi connectivity index (χ3n) is 5.38. The highest BCUT2D eigenvalue weighted by molar-refractivity contribution is 7.15. The van der Waals surface area contributed by atoms with E-state index in [1.54, 1.807) is 29.8 Å². The molecule has 32 heavy (non-hydrogen) atoms. The number of carbonyl (C=O) groups is 1. The van der Waals surface area contributed by atoms with Crippen molar-refractivity contribution >= 4 is 17.2 Å². The van der Waals surface area contributed by atoms with Gasteiger partial charge in [0.15, 0.2) is 0 Å². The molecule has 7 nitrogen and oxygen atoms in total. The van der Waals surface area contributed by atoms with Crippen molar-refractivity contribution in [3.05, 3.63) is 58.6 Å². The fourth-order valence-electron chi connectivity index (χ4n) is 3.49. The molecule has 1 aliphatic heterocycles. The minimum Gasteiger partial charge on any atom is -0.490 e. The predicted octanol–water partition coefficient (Wildman–Crippen LogP) is 4.52. The molecule has 4 rings (SSSR count). The van der Waals surface area contributed by atoms with Crippen molar-refractivity contribution in [1.29, 1.82) is 0 Å². The summed E-state index contributed by atoms with van der Waals surface area (Å²) in [7, 11) is 0. The third-order valence-corrected chi connectivity index (χ3v) is 6.57. The molecule has 3 aromatic rings. The van der Waals surface area contributed by atoms with Crippen LogP contribution in [0.4, 0.5) is 0 Å². The molecule has 168 valence electrons. The van der Waals surface area contributed by atoms with E-state index in [1.807, 2.05) is 32.2 Å². The Morgan fingerprint density at radius 2 is 2.00 bits per heavy atom. The highest BCUT2D eigenvalue weighted by Gasteiger charge is 2.19. The molecule has 1 aromatic carbocycles. The first-order valence-electron chi connectivity index (χ1n) is 11.0. The SMILES string of the molecule is CCc1cnc(-c2cc(OC3CCOCC3)cc(C(=O)N[C@H](C)c3cnc(C)cn3)c2)s1. The largest absolute Gasteiger partial charge is 0.490 e. The summed E-state index contributed by atoms with van der Waals surface area (Å²) in [5, 5.41) is 3.90. The number of nitrogens with one attached hydrogen (secondary N) is 1. The van der Waals surface area contributed by atoms with Crippen LogP contribution in [0.3, 0.4) is 0 Å². The van der Waals surface area contributed by atoms with Gasteiger partial charge in [-0.3, -0.25) is 14.8 Å². The van der Waals surface area contributed by atoms with Crippen LogP contribution in [-0.2, 0) is 11.2 Å². The van der Waals surface area contributed by atoms with Gasteiger partial charge >= 0.3 is 0 Å². The Hall–Kier alpha value is -2.84. The maximum atomic E-state index is 13.1. The summed E-state index contributed by atoms with van der Waals surface area (Å²) < 4.78 is 11.7. The van der Waals surface area contributed by atoms with Crippen molar-refractivity contribution in [2.24, 2.45) is 0 Å². The van der Waals surface area contributed by atoms with Gasteiger partial charge in [-0.25, -0.2) is 4.98 Å². The molecule has 1 saturated heterocycles. The van der Waals surface area contributed by atoms with Gasteiger partial charge in [-0.2, -0.15) is 0 Å². The van der Waals surface area contributed by atoms with Gasteiger partial charge in [-0.05, 0) is 38.5 Å². The Bertz CT molecular complexity index is 1060. The number of thiazole rings is 1. The van der Waals surface area contributed by atoms with E-state index in [2.05, 4.69) is 27.2 Å². The topological polar surface area (TPSA) is 86.2 Å². The Kier molecular flexibility index (Phi) is 7.12. The number of benzene rings is 1. The Morgan fingerprint density at radius 1 is 1.19 bits per heavy atom. The zero-order chi connectivity index (χ0) is 22.5. The molecule has 0 bridgehead atoms. The van der Waals surface area contributed by atoms with Crippen LogP contribution in [0.5, 0.6) is 5.75 Å². The summed E-state index contributed by atoms with van der Waals surface area (Å²) in [5.74, 6) is 0.487. The number of amides is 1. The minimum atomic E-state index is -0.273. The standard InChI is InChI=1S/C24H28N4O3S/c1-4-21-13-27-24(32-21)18-9-17(10-20(11-18)31-19-5-7-30-8-6-19)23(29)28-16(3)22-14-25-15(2)12-26-22/h9-14,16,19H,4-8H2,1-3H3,(H,28,29)/t16-/m1/s1. The number of nitrogens with zero attached hydrogens (tertiary/aromatic N) is 3. The van der Waals surface area contributed by atoms with Crippen LogP contribution in [0, 0.1) is 6.92 Å². The molecule has 0 spiro atoms. The van der Waals surface area contributed by atoms with Crippen LogP contribution in [0.15, 0.2) is 36.8 Å². The molecule has 1 aliphatic rings. The van der Waals surface area contributed by atoms with Gasteiger partial charge in [0.2, 0.25) is 0 Å². The number of hydrogen-bond donors (Lipinski definition) is 1. The molecule has 0 unspecified atom stereocenters. The molecule has 1 amide bonds. The van der Waals surface area contributed by atoms with E-state index in [4.69, 9.17) is 9.47 Å². The zero-order valence-electron chi connectivity index (χ0n) is 18.6. The highest BCUT2D eigenvalue weighted by Crippen LogP contribution is 2.31. The average Bonchev–Trinajstić information content (AvgIpc) is 3.29. The predicted molar refractivity (Wildman–Crippen MR) is 124 cm³/mol. The number of ether oxygens (including phenoxy) is 2. The van der Waals surface area contributed by atoms with Gasteiger partial charge in [0.25, 0.3) is 5.91 Å². The second-order valence-electron chi connectivity index (χ2n) is 7.94. The molecule has 0 aliphatic carbocycles. The van der Waals surface area contributed by atoms with Crippen molar-refractivity contribution < 1.29 is 14.3 Å². The van der Waals surface area contributed by atoms with Gasteiger partial charge in [0.05, 0.1) is 36.8 Å². The summed E-state index contributed by atoms with van der Waals surface area (Å²) >= 11 is 1.64. The van der Waals surface area contributed by atoms with E-state index in [9.17, 15) is 4.79 Å². The maximum absolute atomic E-state index is 13.1.